The van der Waals surface area contributed by atoms with Crippen molar-refractivity contribution >= 4 is 57.6 Å². The molecular formula is C22H19Cl3N4O4S. The molecule has 34 heavy (non-hydrogen) atoms. The van der Waals surface area contributed by atoms with Gasteiger partial charge in [-0.25, -0.2) is 9.98 Å². The van der Waals surface area contributed by atoms with Crippen LogP contribution in [-0.4, -0.2) is 43.5 Å². The summed E-state index contributed by atoms with van der Waals surface area (Å²) >= 11 is 12.3. The first-order chi connectivity index (χ1) is 15.5. The monoisotopic (exact) mass is 540 g/mol. The largest absolute Gasteiger partial charge is 0.383 e. The highest BCUT2D eigenvalue weighted by Crippen LogP contribution is 2.41. The number of rotatable bonds is 5. The number of hydrogen-bond acceptors (Lipinski definition) is 7. The lowest BCUT2D eigenvalue weighted by atomic mass is 9.82. The molecule has 0 bridgehead atoms. The Hall–Kier alpha value is -2.85. The second-order valence-corrected chi connectivity index (χ2v) is 9.85. The number of likely N-dealkylation sites (N-methyl/N-ethyl adjacent to an activating group) is 1. The fourth-order valence-corrected chi connectivity index (χ4v) is 4.53. The third-order valence-electron chi connectivity index (χ3n) is 5.12. The van der Waals surface area contributed by atoms with E-state index in [-0.39, 0.29) is 40.2 Å². The van der Waals surface area contributed by atoms with Gasteiger partial charge in [-0.05, 0) is 52.6 Å². The average Bonchev–Trinajstić information content (AvgIpc) is 2.97. The zero-order chi connectivity index (χ0) is 24.0. The standard InChI is InChI=1S/C22H18Cl2N4O4S.ClH/c1-28-20(29)22(27-21(28)25,16-6-7-26-19(24)11-16)15-5-3-4-13(8-15)14-9-17(23)12-18(10-14)32-33(2,30)31;/h3-12H,1-2H3,(H2,25,27);1H. The molecule has 178 valence electrons. The number of carbonyl (C=O) groups excluding carboxylic acids is 1. The van der Waals surface area contributed by atoms with Gasteiger partial charge in [-0.15, -0.1) is 12.4 Å². The lowest BCUT2D eigenvalue weighted by Gasteiger charge is -2.26. The average molecular weight is 542 g/mol. The number of nitrogens with two attached hydrogens (primary N) is 1. The quantitative estimate of drug-likeness (QED) is 0.388. The van der Waals surface area contributed by atoms with E-state index in [0.717, 1.165) is 6.26 Å². The van der Waals surface area contributed by atoms with Crippen molar-refractivity contribution in [2.45, 2.75) is 5.54 Å². The Balaban J connectivity index is 0.00000324. The minimum atomic E-state index is -3.74. The summed E-state index contributed by atoms with van der Waals surface area (Å²) < 4.78 is 28.1. The summed E-state index contributed by atoms with van der Waals surface area (Å²) in [6.07, 6.45) is 2.44. The Morgan fingerprint density at radius 1 is 1.03 bits per heavy atom. The molecule has 12 heteroatoms. The first-order valence-electron chi connectivity index (χ1n) is 9.56. The van der Waals surface area contributed by atoms with Crippen LogP contribution in [0, 0.1) is 0 Å². The maximum atomic E-state index is 13.4. The molecule has 3 aromatic rings. The number of hydrogen-bond donors (Lipinski definition) is 1. The van der Waals surface area contributed by atoms with Gasteiger partial charge < -0.3 is 9.92 Å². The minimum absolute atomic E-state index is 0. The Labute approximate surface area is 212 Å². The van der Waals surface area contributed by atoms with Crippen molar-refractivity contribution in [3.05, 3.63) is 82.1 Å². The smallest absolute Gasteiger partial charge is 0.306 e. The van der Waals surface area contributed by atoms with Gasteiger partial charge >= 0.3 is 10.1 Å². The second-order valence-electron chi connectivity index (χ2n) is 7.46. The zero-order valence-electron chi connectivity index (χ0n) is 17.9. The highest BCUT2D eigenvalue weighted by atomic mass is 35.5. The van der Waals surface area contributed by atoms with Gasteiger partial charge in [0.05, 0.1) is 6.26 Å². The molecule has 1 amide bonds. The fraction of sp³-hybridized carbons (Fsp3) is 0.136. The van der Waals surface area contributed by atoms with E-state index in [4.69, 9.17) is 33.1 Å². The number of guanidine groups is 1. The van der Waals surface area contributed by atoms with Gasteiger partial charge in [0.2, 0.25) is 0 Å². The van der Waals surface area contributed by atoms with Crippen molar-refractivity contribution in [3.8, 4) is 16.9 Å². The molecule has 0 spiro atoms. The molecule has 2 heterocycles. The topological polar surface area (TPSA) is 115 Å². The molecule has 2 aromatic carbocycles. The third kappa shape index (κ3) is 4.83. The number of aliphatic imine (C=N–C) groups is 1. The van der Waals surface area contributed by atoms with E-state index in [9.17, 15) is 13.2 Å². The van der Waals surface area contributed by atoms with Gasteiger partial charge in [0.25, 0.3) is 5.91 Å². The van der Waals surface area contributed by atoms with Crippen LogP contribution < -0.4 is 9.92 Å². The zero-order valence-corrected chi connectivity index (χ0v) is 21.0. The van der Waals surface area contributed by atoms with Crippen LogP contribution in [0.2, 0.25) is 10.2 Å². The van der Waals surface area contributed by atoms with Gasteiger partial charge in [-0.1, -0.05) is 41.4 Å². The Morgan fingerprint density at radius 2 is 1.74 bits per heavy atom. The van der Waals surface area contributed by atoms with Crippen LogP contribution in [0.3, 0.4) is 0 Å². The molecular weight excluding hydrogens is 523 g/mol. The van der Waals surface area contributed by atoms with Crippen LogP contribution in [-0.2, 0) is 20.5 Å². The van der Waals surface area contributed by atoms with Crippen molar-refractivity contribution in [1.82, 2.24) is 9.88 Å². The Bertz CT molecular complexity index is 1410. The van der Waals surface area contributed by atoms with Gasteiger partial charge in [0.1, 0.15) is 10.9 Å². The van der Waals surface area contributed by atoms with E-state index in [1.807, 2.05) is 0 Å². The molecule has 0 aliphatic carbocycles. The summed E-state index contributed by atoms with van der Waals surface area (Å²) in [5.74, 6) is -0.225. The van der Waals surface area contributed by atoms with Crippen molar-refractivity contribution in [1.29, 1.82) is 0 Å². The predicted octanol–water partition coefficient (Wildman–Crippen LogP) is 3.85. The maximum Gasteiger partial charge on any atom is 0.306 e. The molecule has 0 saturated heterocycles. The van der Waals surface area contributed by atoms with Gasteiger partial charge in [0, 0.05) is 24.3 Å². The highest BCUT2D eigenvalue weighted by Gasteiger charge is 2.49. The highest BCUT2D eigenvalue weighted by molar-refractivity contribution is 7.86. The van der Waals surface area contributed by atoms with Crippen molar-refractivity contribution in [2.24, 2.45) is 10.7 Å². The number of amides is 1. The first kappa shape index (κ1) is 25.8. The van der Waals surface area contributed by atoms with Crippen LogP contribution in [0.4, 0.5) is 0 Å². The van der Waals surface area contributed by atoms with Crippen molar-refractivity contribution in [2.75, 3.05) is 13.3 Å². The Morgan fingerprint density at radius 3 is 2.35 bits per heavy atom. The molecule has 0 radical (unpaired) electrons. The molecule has 1 aliphatic heterocycles. The van der Waals surface area contributed by atoms with E-state index in [1.54, 1.807) is 55.6 Å². The lowest BCUT2D eigenvalue weighted by molar-refractivity contribution is -0.129. The number of carbonyl (C=O) groups is 1. The van der Waals surface area contributed by atoms with Gasteiger partial charge in [-0.2, -0.15) is 8.42 Å². The minimum Gasteiger partial charge on any atom is -0.383 e. The number of nitrogens with zero attached hydrogens (tertiary/aromatic N) is 3. The van der Waals surface area contributed by atoms with E-state index in [0.29, 0.717) is 22.3 Å². The summed E-state index contributed by atoms with van der Waals surface area (Å²) in [6.45, 7) is 0. The number of benzene rings is 2. The molecule has 0 fully saturated rings. The molecule has 1 atom stereocenters. The summed E-state index contributed by atoms with van der Waals surface area (Å²) in [7, 11) is -2.20. The summed E-state index contributed by atoms with van der Waals surface area (Å²) in [4.78, 5) is 23.2. The van der Waals surface area contributed by atoms with E-state index in [1.165, 1.54) is 17.2 Å². The molecule has 4 rings (SSSR count). The number of aromatic nitrogens is 1. The first-order valence-corrected chi connectivity index (χ1v) is 12.1. The number of pyridine rings is 1. The van der Waals surface area contributed by atoms with Crippen LogP contribution in [0.25, 0.3) is 11.1 Å². The molecule has 1 aromatic heterocycles. The summed E-state index contributed by atoms with van der Waals surface area (Å²) in [5, 5.41) is 0.489. The molecule has 2 N–H and O–H groups in total. The third-order valence-corrected chi connectivity index (χ3v) is 6.04. The van der Waals surface area contributed by atoms with Crippen molar-refractivity contribution < 1.29 is 17.4 Å². The van der Waals surface area contributed by atoms with Crippen LogP contribution in [0.1, 0.15) is 11.1 Å². The van der Waals surface area contributed by atoms with Crippen LogP contribution in [0.15, 0.2) is 65.8 Å². The fourth-order valence-electron chi connectivity index (χ4n) is 3.69. The van der Waals surface area contributed by atoms with Crippen LogP contribution in [0.5, 0.6) is 5.75 Å². The maximum absolute atomic E-state index is 13.4. The lowest BCUT2D eigenvalue weighted by Crippen LogP contribution is -2.41. The van der Waals surface area contributed by atoms with Gasteiger partial charge in [0.15, 0.2) is 11.5 Å². The summed E-state index contributed by atoms with van der Waals surface area (Å²) in [6, 6.07) is 14.9. The normalized spacial score (nSPS) is 17.8. The molecule has 0 saturated carbocycles. The van der Waals surface area contributed by atoms with Gasteiger partial charge in [-0.3, -0.25) is 9.69 Å². The van der Waals surface area contributed by atoms with E-state index in [2.05, 4.69) is 9.98 Å². The second kappa shape index (κ2) is 9.42. The molecule has 8 nitrogen and oxygen atoms in total. The molecule has 1 aliphatic rings. The SMILES string of the molecule is CN1C(=O)C(c2cccc(-c3cc(Cl)cc(OS(C)(=O)=O)c3)c2)(c2ccnc(Cl)c2)N=C1N.Cl. The molecule has 1 unspecified atom stereocenters. The number of halogens is 3. The Kier molecular flexibility index (Phi) is 7.14. The van der Waals surface area contributed by atoms with E-state index >= 15 is 0 Å². The predicted molar refractivity (Wildman–Crippen MR) is 134 cm³/mol. The van der Waals surface area contributed by atoms with E-state index < -0.39 is 15.7 Å². The van der Waals surface area contributed by atoms with Crippen molar-refractivity contribution in [3.63, 3.8) is 0 Å². The van der Waals surface area contributed by atoms with Crippen LogP contribution >= 0.6 is 35.6 Å². The summed E-state index contributed by atoms with van der Waals surface area (Å²) in [5.41, 5.74) is 6.83.